The summed E-state index contributed by atoms with van der Waals surface area (Å²) in [6, 6.07) is 0. The molecule has 0 bridgehead atoms. The summed E-state index contributed by atoms with van der Waals surface area (Å²) < 4.78 is 5.94. The summed E-state index contributed by atoms with van der Waals surface area (Å²) in [5, 5.41) is 10.2. The fourth-order valence-electron chi connectivity index (χ4n) is 1.52. The SMILES string of the molecule is CCCSC(CC)(CO)OCCCCSC(C)C. The van der Waals surface area contributed by atoms with Crippen LogP contribution in [-0.4, -0.2) is 40.0 Å². The van der Waals surface area contributed by atoms with E-state index in [1.54, 1.807) is 11.8 Å². The van der Waals surface area contributed by atoms with E-state index in [1.165, 1.54) is 12.2 Å². The minimum atomic E-state index is -0.360. The van der Waals surface area contributed by atoms with E-state index in [4.69, 9.17) is 4.74 Å². The first kappa shape index (κ1) is 18.6. The molecular weight excluding hydrogens is 264 g/mol. The number of rotatable bonds is 12. The molecule has 0 radical (unpaired) electrons. The molecule has 0 aliphatic rings. The molecule has 0 rings (SSSR count). The van der Waals surface area contributed by atoms with Crippen LogP contribution < -0.4 is 0 Å². The van der Waals surface area contributed by atoms with Gasteiger partial charge in [0.2, 0.25) is 0 Å². The van der Waals surface area contributed by atoms with Crippen molar-refractivity contribution in [1.29, 1.82) is 0 Å². The Hall–Kier alpha value is 0.620. The molecule has 4 heteroatoms. The maximum absolute atomic E-state index is 9.53. The van der Waals surface area contributed by atoms with E-state index in [2.05, 4.69) is 27.7 Å². The Balaban J connectivity index is 3.76. The molecular formula is C14H30O2S2. The highest BCUT2D eigenvalue weighted by molar-refractivity contribution is 8.00. The van der Waals surface area contributed by atoms with Gasteiger partial charge < -0.3 is 9.84 Å². The fraction of sp³-hybridized carbons (Fsp3) is 1.00. The van der Waals surface area contributed by atoms with Gasteiger partial charge >= 0.3 is 0 Å². The molecule has 0 saturated heterocycles. The van der Waals surface area contributed by atoms with Crippen molar-refractivity contribution >= 4 is 23.5 Å². The van der Waals surface area contributed by atoms with Gasteiger partial charge in [0, 0.05) is 6.61 Å². The average molecular weight is 295 g/mol. The summed E-state index contributed by atoms with van der Waals surface area (Å²) in [4.78, 5) is -0.360. The molecule has 0 aromatic carbocycles. The summed E-state index contributed by atoms with van der Waals surface area (Å²) in [5.41, 5.74) is 0. The van der Waals surface area contributed by atoms with Crippen molar-refractivity contribution < 1.29 is 9.84 Å². The van der Waals surface area contributed by atoms with Crippen LogP contribution in [0.2, 0.25) is 0 Å². The van der Waals surface area contributed by atoms with Gasteiger partial charge in [0.15, 0.2) is 0 Å². The van der Waals surface area contributed by atoms with Crippen LogP contribution in [0.25, 0.3) is 0 Å². The van der Waals surface area contributed by atoms with Crippen molar-refractivity contribution in [2.24, 2.45) is 0 Å². The van der Waals surface area contributed by atoms with Crippen LogP contribution in [0.5, 0.6) is 0 Å². The van der Waals surface area contributed by atoms with E-state index >= 15 is 0 Å². The van der Waals surface area contributed by atoms with Crippen LogP contribution >= 0.6 is 23.5 Å². The fourth-order valence-corrected chi connectivity index (χ4v) is 3.40. The minimum Gasteiger partial charge on any atom is -0.392 e. The Morgan fingerprint density at radius 2 is 1.89 bits per heavy atom. The van der Waals surface area contributed by atoms with Crippen LogP contribution in [0, 0.1) is 0 Å². The number of aliphatic hydroxyl groups is 1. The topological polar surface area (TPSA) is 29.5 Å². The summed E-state index contributed by atoms with van der Waals surface area (Å²) >= 11 is 3.76. The minimum absolute atomic E-state index is 0.120. The Bertz CT molecular complexity index is 183. The summed E-state index contributed by atoms with van der Waals surface area (Å²) in [5.74, 6) is 2.26. The van der Waals surface area contributed by atoms with Gasteiger partial charge in [0.1, 0.15) is 4.93 Å². The Kier molecular flexibility index (Phi) is 11.8. The third-order valence-electron chi connectivity index (χ3n) is 2.70. The van der Waals surface area contributed by atoms with Gasteiger partial charge in [-0.1, -0.05) is 27.7 Å². The van der Waals surface area contributed by atoms with Crippen molar-refractivity contribution in [1.82, 2.24) is 0 Å². The van der Waals surface area contributed by atoms with E-state index in [9.17, 15) is 5.11 Å². The van der Waals surface area contributed by atoms with Gasteiger partial charge in [0.25, 0.3) is 0 Å². The molecule has 0 amide bonds. The normalized spacial score (nSPS) is 15.0. The molecule has 18 heavy (non-hydrogen) atoms. The van der Waals surface area contributed by atoms with E-state index < -0.39 is 0 Å². The number of aliphatic hydroxyl groups excluding tert-OH is 1. The van der Waals surface area contributed by atoms with Crippen molar-refractivity contribution in [3.8, 4) is 0 Å². The van der Waals surface area contributed by atoms with E-state index in [1.807, 2.05) is 11.8 Å². The first-order valence-corrected chi connectivity index (χ1v) is 9.14. The van der Waals surface area contributed by atoms with E-state index in [0.717, 1.165) is 36.9 Å². The lowest BCUT2D eigenvalue weighted by molar-refractivity contribution is -0.0164. The third-order valence-corrected chi connectivity index (χ3v) is 5.57. The molecule has 0 spiro atoms. The number of thioether (sulfide) groups is 2. The van der Waals surface area contributed by atoms with Gasteiger partial charge in [-0.15, -0.1) is 11.8 Å². The van der Waals surface area contributed by atoms with Gasteiger partial charge in [-0.05, 0) is 42.4 Å². The second kappa shape index (κ2) is 11.4. The highest BCUT2D eigenvalue weighted by atomic mass is 32.2. The zero-order valence-electron chi connectivity index (χ0n) is 12.4. The Morgan fingerprint density at radius 1 is 1.17 bits per heavy atom. The first-order valence-electron chi connectivity index (χ1n) is 7.10. The molecule has 110 valence electrons. The second-order valence-electron chi connectivity index (χ2n) is 4.75. The lowest BCUT2D eigenvalue weighted by atomic mass is 10.3. The lowest BCUT2D eigenvalue weighted by Gasteiger charge is -2.30. The standard InChI is InChI=1S/C14H30O2S2/c1-5-10-18-14(6-2,12-15)16-9-7-8-11-17-13(3)4/h13,15H,5-12H2,1-4H3. The summed E-state index contributed by atoms with van der Waals surface area (Å²) in [6.45, 7) is 9.60. The highest BCUT2D eigenvalue weighted by Gasteiger charge is 2.28. The first-order chi connectivity index (χ1) is 8.60. The average Bonchev–Trinajstić information content (AvgIpc) is 2.37. The third kappa shape index (κ3) is 8.68. The lowest BCUT2D eigenvalue weighted by Crippen LogP contribution is -2.33. The van der Waals surface area contributed by atoms with Gasteiger partial charge in [-0.2, -0.15) is 11.8 Å². The predicted molar refractivity (Wildman–Crippen MR) is 85.6 cm³/mol. The molecule has 0 aliphatic carbocycles. The predicted octanol–water partition coefficient (Wildman–Crippen LogP) is 4.17. The maximum Gasteiger partial charge on any atom is 0.136 e. The molecule has 0 aromatic rings. The van der Waals surface area contributed by atoms with Crippen LogP contribution in [0.3, 0.4) is 0 Å². The molecule has 0 saturated carbocycles. The largest absolute Gasteiger partial charge is 0.392 e. The number of hydrogen-bond acceptors (Lipinski definition) is 4. The van der Waals surface area contributed by atoms with Gasteiger partial charge in [-0.3, -0.25) is 0 Å². The Morgan fingerprint density at radius 3 is 2.39 bits per heavy atom. The number of ether oxygens (including phenoxy) is 1. The molecule has 0 aliphatic heterocycles. The molecule has 1 atom stereocenters. The monoisotopic (exact) mass is 294 g/mol. The molecule has 1 N–H and O–H groups in total. The summed E-state index contributed by atoms with van der Waals surface area (Å²) in [7, 11) is 0. The van der Waals surface area contributed by atoms with Crippen LogP contribution in [0.1, 0.15) is 53.4 Å². The van der Waals surface area contributed by atoms with Crippen molar-refractivity contribution in [3.05, 3.63) is 0 Å². The molecule has 2 nitrogen and oxygen atoms in total. The Labute approximate surface area is 122 Å². The van der Waals surface area contributed by atoms with Crippen LogP contribution in [0.4, 0.5) is 0 Å². The highest BCUT2D eigenvalue weighted by Crippen LogP contribution is 2.30. The van der Waals surface area contributed by atoms with E-state index in [-0.39, 0.29) is 11.5 Å². The number of hydrogen-bond donors (Lipinski definition) is 1. The van der Waals surface area contributed by atoms with Gasteiger partial charge in [-0.25, -0.2) is 0 Å². The van der Waals surface area contributed by atoms with Crippen LogP contribution in [0.15, 0.2) is 0 Å². The smallest absolute Gasteiger partial charge is 0.136 e. The van der Waals surface area contributed by atoms with Crippen LogP contribution in [-0.2, 0) is 4.74 Å². The van der Waals surface area contributed by atoms with Crippen molar-refractivity contribution in [2.45, 2.75) is 63.6 Å². The molecule has 0 heterocycles. The molecule has 0 aromatic heterocycles. The van der Waals surface area contributed by atoms with Crippen molar-refractivity contribution in [3.63, 3.8) is 0 Å². The molecule has 1 unspecified atom stereocenters. The van der Waals surface area contributed by atoms with E-state index in [0.29, 0.717) is 0 Å². The summed E-state index contributed by atoms with van der Waals surface area (Å²) in [6.07, 6.45) is 4.29. The van der Waals surface area contributed by atoms with Gasteiger partial charge in [0.05, 0.1) is 6.61 Å². The maximum atomic E-state index is 9.53. The molecule has 0 fully saturated rings. The second-order valence-corrected chi connectivity index (χ2v) is 7.87. The quantitative estimate of drug-likeness (QED) is 0.432. The zero-order valence-corrected chi connectivity index (χ0v) is 14.0. The number of unbranched alkanes of at least 4 members (excludes halogenated alkanes) is 1. The zero-order chi connectivity index (χ0) is 13.9. The van der Waals surface area contributed by atoms with Crippen molar-refractivity contribution in [2.75, 3.05) is 24.7 Å².